The number of alkyl halides is 3. The van der Waals surface area contributed by atoms with E-state index in [0.29, 0.717) is 5.56 Å². The van der Waals surface area contributed by atoms with E-state index >= 15 is 0 Å². The Balaban J connectivity index is 1.28. The van der Waals surface area contributed by atoms with Crippen LogP contribution in [-0.2, 0) is 4.79 Å². The highest BCUT2D eigenvalue weighted by Crippen LogP contribution is 2.25. The second-order valence-corrected chi connectivity index (χ2v) is 9.13. The van der Waals surface area contributed by atoms with Crippen LogP contribution < -0.4 is 5.32 Å². The van der Waals surface area contributed by atoms with Crippen LogP contribution in [0.25, 0.3) is 28.2 Å². The standard InChI is InChI=1S/C27H24F3N5O2/c1-17-2-4-19(5-3-17)23-14-32-24-15-31-22(16-35(23)24)18-6-8-20(9-7-18)25(36)34-12-10-21(11-13-34)33-26(37)27(28,29)30/h2-9,14-16,21H,10-13H2,1H3,(H,33,37). The van der Waals surface area contributed by atoms with Gasteiger partial charge in [-0.15, -0.1) is 0 Å². The van der Waals surface area contributed by atoms with E-state index in [9.17, 15) is 22.8 Å². The number of amides is 2. The number of likely N-dealkylation sites (tertiary alicyclic amines) is 1. The number of aromatic nitrogens is 3. The fourth-order valence-corrected chi connectivity index (χ4v) is 4.44. The van der Waals surface area contributed by atoms with Gasteiger partial charge in [0.05, 0.1) is 23.8 Å². The van der Waals surface area contributed by atoms with Gasteiger partial charge in [-0.2, -0.15) is 13.2 Å². The summed E-state index contributed by atoms with van der Waals surface area (Å²) in [6.45, 7) is 2.57. The van der Waals surface area contributed by atoms with Crippen molar-refractivity contribution in [2.75, 3.05) is 13.1 Å². The molecule has 2 aromatic heterocycles. The van der Waals surface area contributed by atoms with E-state index in [2.05, 4.69) is 9.97 Å². The third kappa shape index (κ3) is 5.18. The summed E-state index contributed by atoms with van der Waals surface area (Å²) in [5.41, 5.74) is 5.91. The summed E-state index contributed by atoms with van der Waals surface area (Å²) in [7, 11) is 0. The Morgan fingerprint density at radius 2 is 1.57 bits per heavy atom. The van der Waals surface area contributed by atoms with Gasteiger partial charge in [-0.25, -0.2) is 4.98 Å². The molecule has 0 saturated carbocycles. The molecule has 10 heteroatoms. The van der Waals surface area contributed by atoms with Gasteiger partial charge in [0.25, 0.3) is 5.91 Å². The summed E-state index contributed by atoms with van der Waals surface area (Å²) < 4.78 is 39.4. The Kier molecular flexibility index (Phi) is 6.41. The molecule has 0 unspecified atom stereocenters. The number of piperidine rings is 1. The van der Waals surface area contributed by atoms with E-state index in [1.807, 2.05) is 65.4 Å². The number of nitrogens with one attached hydrogen (secondary N) is 1. The molecule has 190 valence electrons. The van der Waals surface area contributed by atoms with Crippen LogP contribution in [0.1, 0.15) is 28.8 Å². The zero-order chi connectivity index (χ0) is 26.2. The molecule has 0 bridgehead atoms. The first-order valence-electron chi connectivity index (χ1n) is 11.9. The Morgan fingerprint density at radius 3 is 2.22 bits per heavy atom. The van der Waals surface area contributed by atoms with Crippen molar-refractivity contribution in [2.45, 2.75) is 32.0 Å². The molecule has 37 heavy (non-hydrogen) atoms. The van der Waals surface area contributed by atoms with Gasteiger partial charge in [-0.1, -0.05) is 42.0 Å². The predicted molar refractivity (Wildman–Crippen MR) is 132 cm³/mol. The van der Waals surface area contributed by atoms with Gasteiger partial charge >= 0.3 is 12.1 Å². The number of aryl methyl sites for hydroxylation is 1. The Labute approximate surface area is 211 Å². The molecule has 0 spiro atoms. The predicted octanol–water partition coefficient (Wildman–Crippen LogP) is 4.65. The van der Waals surface area contributed by atoms with Gasteiger partial charge in [0.15, 0.2) is 5.65 Å². The van der Waals surface area contributed by atoms with E-state index < -0.39 is 18.1 Å². The number of nitrogens with zero attached hydrogens (tertiary/aromatic N) is 4. The molecular weight excluding hydrogens is 483 g/mol. The molecule has 4 aromatic rings. The lowest BCUT2D eigenvalue weighted by Gasteiger charge is -2.32. The lowest BCUT2D eigenvalue weighted by molar-refractivity contribution is -0.174. The Bertz CT molecular complexity index is 1440. The Morgan fingerprint density at radius 1 is 0.919 bits per heavy atom. The monoisotopic (exact) mass is 507 g/mol. The first-order valence-corrected chi connectivity index (χ1v) is 11.9. The number of fused-ring (bicyclic) bond motifs is 1. The smallest absolute Gasteiger partial charge is 0.345 e. The molecule has 7 nitrogen and oxygen atoms in total. The SMILES string of the molecule is Cc1ccc(-c2cnc3cnc(-c4ccc(C(=O)N5CCC(NC(=O)C(F)(F)F)CC5)cc4)cn23)cc1. The van der Waals surface area contributed by atoms with Crippen molar-refractivity contribution >= 4 is 17.5 Å². The van der Waals surface area contributed by atoms with Crippen molar-refractivity contribution in [3.05, 3.63) is 78.2 Å². The normalized spacial score (nSPS) is 14.6. The quantitative estimate of drug-likeness (QED) is 0.436. The van der Waals surface area contributed by atoms with Gasteiger partial charge in [-0.3, -0.25) is 19.0 Å². The molecule has 0 radical (unpaired) electrons. The number of carbonyl (C=O) groups is 2. The van der Waals surface area contributed by atoms with Crippen LogP contribution in [-0.4, -0.2) is 56.4 Å². The van der Waals surface area contributed by atoms with Crippen molar-refractivity contribution in [1.29, 1.82) is 0 Å². The minimum absolute atomic E-state index is 0.202. The summed E-state index contributed by atoms with van der Waals surface area (Å²) >= 11 is 0. The lowest BCUT2D eigenvalue weighted by atomic mass is 10.0. The van der Waals surface area contributed by atoms with Crippen LogP contribution in [0.3, 0.4) is 0 Å². The molecule has 1 saturated heterocycles. The largest absolute Gasteiger partial charge is 0.471 e. The zero-order valence-corrected chi connectivity index (χ0v) is 20.0. The molecule has 1 aliphatic heterocycles. The summed E-state index contributed by atoms with van der Waals surface area (Å²) in [6, 6.07) is 14.7. The average Bonchev–Trinajstić information content (AvgIpc) is 3.32. The Hall–Kier alpha value is -4.21. The van der Waals surface area contributed by atoms with E-state index in [-0.39, 0.29) is 31.8 Å². The molecule has 5 rings (SSSR count). The second kappa shape index (κ2) is 9.68. The number of carbonyl (C=O) groups excluding carboxylic acids is 2. The highest BCUT2D eigenvalue weighted by molar-refractivity contribution is 5.94. The van der Waals surface area contributed by atoms with Crippen molar-refractivity contribution in [1.82, 2.24) is 24.6 Å². The fraction of sp³-hybridized carbons (Fsp3) is 0.259. The van der Waals surface area contributed by atoms with Crippen molar-refractivity contribution in [3.63, 3.8) is 0 Å². The number of halogens is 3. The van der Waals surface area contributed by atoms with Crippen LogP contribution in [0.15, 0.2) is 67.1 Å². The first-order chi connectivity index (χ1) is 17.7. The molecular formula is C27H24F3N5O2. The minimum atomic E-state index is -4.91. The molecule has 1 N–H and O–H groups in total. The van der Waals surface area contributed by atoms with Gasteiger partial charge in [0.1, 0.15) is 0 Å². The van der Waals surface area contributed by atoms with Gasteiger partial charge < -0.3 is 10.2 Å². The number of benzene rings is 2. The minimum Gasteiger partial charge on any atom is -0.345 e. The van der Waals surface area contributed by atoms with Crippen molar-refractivity contribution in [2.24, 2.45) is 0 Å². The number of rotatable bonds is 4. The van der Waals surface area contributed by atoms with Crippen molar-refractivity contribution in [3.8, 4) is 22.5 Å². The molecule has 0 aliphatic carbocycles. The van der Waals surface area contributed by atoms with Gasteiger partial charge in [0.2, 0.25) is 0 Å². The third-order valence-electron chi connectivity index (χ3n) is 6.55. The van der Waals surface area contributed by atoms with Crippen LogP contribution in [0.4, 0.5) is 13.2 Å². The second-order valence-electron chi connectivity index (χ2n) is 9.13. The van der Waals surface area contributed by atoms with E-state index in [1.54, 1.807) is 23.2 Å². The first kappa shape index (κ1) is 24.5. The van der Waals surface area contributed by atoms with Crippen LogP contribution >= 0.6 is 0 Å². The zero-order valence-electron chi connectivity index (χ0n) is 20.0. The molecule has 3 heterocycles. The maximum atomic E-state index is 12.9. The molecule has 2 aromatic carbocycles. The number of hydrogen-bond acceptors (Lipinski definition) is 4. The molecule has 1 aliphatic rings. The summed E-state index contributed by atoms with van der Waals surface area (Å²) in [5, 5.41) is 2.00. The summed E-state index contributed by atoms with van der Waals surface area (Å²) in [4.78, 5) is 34.6. The topological polar surface area (TPSA) is 79.6 Å². The van der Waals surface area contributed by atoms with Gasteiger partial charge in [0, 0.05) is 42.0 Å². The van der Waals surface area contributed by atoms with E-state index in [1.165, 1.54) is 5.56 Å². The van der Waals surface area contributed by atoms with Gasteiger partial charge in [-0.05, 0) is 31.9 Å². The van der Waals surface area contributed by atoms with E-state index in [4.69, 9.17) is 0 Å². The highest BCUT2D eigenvalue weighted by atomic mass is 19.4. The van der Waals surface area contributed by atoms with Crippen LogP contribution in [0.2, 0.25) is 0 Å². The third-order valence-corrected chi connectivity index (χ3v) is 6.55. The summed E-state index contributed by atoms with van der Waals surface area (Å²) in [5.74, 6) is -2.15. The fourth-order valence-electron chi connectivity index (χ4n) is 4.44. The molecule has 2 amide bonds. The summed E-state index contributed by atoms with van der Waals surface area (Å²) in [6.07, 6.45) is 1.05. The molecule has 0 atom stereocenters. The number of imidazole rings is 1. The molecule has 1 fully saturated rings. The van der Waals surface area contributed by atoms with Crippen molar-refractivity contribution < 1.29 is 22.8 Å². The van der Waals surface area contributed by atoms with Crippen LogP contribution in [0, 0.1) is 6.92 Å². The average molecular weight is 508 g/mol. The van der Waals surface area contributed by atoms with Crippen LogP contribution in [0.5, 0.6) is 0 Å². The lowest BCUT2D eigenvalue weighted by Crippen LogP contribution is -2.49. The maximum absolute atomic E-state index is 12.9. The maximum Gasteiger partial charge on any atom is 0.471 e. The number of hydrogen-bond donors (Lipinski definition) is 1. The highest BCUT2D eigenvalue weighted by Gasteiger charge is 2.40. The van der Waals surface area contributed by atoms with E-state index in [0.717, 1.165) is 28.2 Å².